The van der Waals surface area contributed by atoms with E-state index < -0.39 is 5.97 Å². The molecule has 0 aromatic heterocycles. The molecule has 1 aromatic carbocycles. The second-order valence-electron chi connectivity index (χ2n) is 5.34. The van der Waals surface area contributed by atoms with E-state index in [0.717, 1.165) is 6.42 Å². The first-order valence-electron chi connectivity index (χ1n) is 6.78. The molecule has 1 amide bonds. The van der Waals surface area contributed by atoms with Crippen molar-refractivity contribution in [1.29, 1.82) is 0 Å². The number of aliphatic carboxylic acids is 1. The molecule has 5 heteroatoms. The fraction of sp³-hybridized carbons (Fsp3) is 0.467. The van der Waals surface area contributed by atoms with E-state index in [2.05, 4.69) is 0 Å². The summed E-state index contributed by atoms with van der Waals surface area (Å²) in [6.07, 6.45) is 1.63. The number of rotatable bonds is 4. The first kappa shape index (κ1) is 14.4. The molecule has 0 aliphatic carbocycles. The summed E-state index contributed by atoms with van der Waals surface area (Å²) in [5, 5.41) is 18.2. The molecule has 1 aliphatic heterocycles. The van der Waals surface area contributed by atoms with Gasteiger partial charge in [0.05, 0.1) is 0 Å². The van der Waals surface area contributed by atoms with Gasteiger partial charge in [0.2, 0.25) is 0 Å². The standard InChI is InChI=1S/C15H19NO4/c1-10-8-12(3-4-13(10)17)15(20)16-7-6-11(9-16)2-5-14(18)19/h3-4,8,11,17H,2,5-7,9H2,1H3,(H,18,19). The van der Waals surface area contributed by atoms with Crippen molar-refractivity contribution in [2.24, 2.45) is 5.92 Å². The van der Waals surface area contributed by atoms with E-state index >= 15 is 0 Å². The third kappa shape index (κ3) is 3.29. The van der Waals surface area contributed by atoms with Crippen LogP contribution in [-0.4, -0.2) is 40.1 Å². The average Bonchev–Trinajstić information content (AvgIpc) is 2.87. The van der Waals surface area contributed by atoms with Gasteiger partial charge in [0.25, 0.3) is 5.91 Å². The highest BCUT2D eigenvalue weighted by molar-refractivity contribution is 5.94. The third-order valence-electron chi connectivity index (χ3n) is 3.78. The van der Waals surface area contributed by atoms with Gasteiger partial charge in [0, 0.05) is 25.1 Å². The maximum atomic E-state index is 12.3. The van der Waals surface area contributed by atoms with Crippen molar-refractivity contribution in [2.45, 2.75) is 26.2 Å². The Morgan fingerprint density at radius 3 is 2.80 bits per heavy atom. The van der Waals surface area contributed by atoms with Crippen LogP contribution in [0.4, 0.5) is 0 Å². The molecule has 1 unspecified atom stereocenters. The number of carbonyl (C=O) groups is 2. The third-order valence-corrected chi connectivity index (χ3v) is 3.78. The van der Waals surface area contributed by atoms with Crippen molar-refractivity contribution in [3.05, 3.63) is 29.3 Å². The molecular formula is C15H19NO4. The molecule has 1 atom stereocenters. The molecule has 0 saturated carbocycles. The second kappa shape index (κ2) is 5.94. The molecule has 20 heavy (non-hydrogen) atoms. The van der Waals surface area contributed by atoms with Gasteiger partial charge in [-0.1, -0.05) is 0 Å². The lowest BCUT2D eigenvalue weighted by Gasteiger charge is -2.17. The molecule has 1 saturated heterocycles. The Kier molecular flexibility index (Phi) is 4.27. The van der Waals surface area contributed by atoms with Crippen LogP contribution in [0, 0.1) is 12.8 Å². The fourth-order valence-corrected chi connectivity index (χ4v) is 2.55. The van der Waals surface area contributed by atoms with Gasteiger partial charge in [-0.15, -0.1) is 0 Å². The topological polar surface area (TPSA) is 77.8 Å². The molecular weight excluding hydrogens is 258 g/mol. The number of aromatic hydroxyl groups is 1. The number of carboxylic acids is 1. The van der Waals surface area contributed by atoms with Crippen molar-refractivity contribution in [2.75, 3.05) is 13.1 Å². The maximum absolute atomic E-state index is 12.3. The number of aryl methyl sites for hydroxylation is 1. The molecule has 1 heterocycles. The van der Waals surface area contributed by atoms with Crippen LogP contribution >= 0.6 is 0 Å². The molecule has 1 fully saturated rings. The number of carboxylic acid groups (broad SMARTS) is 1. The average molecular weight is 277 g/mol. The summed E-state index contributed by atoms with van der Waals surface area (Å²) in [5.41, 5.74) is 1.25. The number of phenolic OH excluding ortho intramolecular Hbond substituents is 1. The molecule has 0 spiro atoms. The van der Waals surface area contributed by atoms with E-state index in [4.69, 9.17) is 5.11 Å². The van der Waals surface area contributed by atoms with E-state index in [1.807, 2.05) is 0 Å². The molecule has 108 valence electrons. The molecule has 1 aromatic rings. The monoisotopic (exact) mass is 277 g/mol. The van der Waals surface area contributed by atoms with E-state index in [-0.39, 0.29) is 24.0 Å². The summed E-state index contributed by atoms with van der Waals surface area (Å²) in [4.78, 5) is 24.6. The Labute approximate surface area is 117 Å². The van der Waals surface area contributed by atoms with Crippen molar-refractivity contribution in [3.8, 4) is 5.75 Å². The number of hydrogen-bond donors (Lipinski definition) is 2. The summed E-state index contributed by atoms with van der Waals surface area (Å²) in [7, 11) is 0. The van der Waals surface area contributed by atoms with Crippen LogP contribution in [0.25, 0.3) is 0 Å². The Bertz CT molecular complexity index is 527. The lowest BCUT2D eigenvalue weighted by molar-refractivity contribution is -0.137. The van der Waals surface area contributed by atoms with Gasteiger partial charge in [-0.3, -0.25) is 9.59 Å². The van der Waals surface area contributed by atoms with Gasteiger partial charge in [-0.2, -0.15) is 0 Å². The summed E-state index contributed by atoms with van der Waals surface area (Å²) in [6.45, 7) is 3.04. The van der Waals surface area contributed by atoms with Gasteiger partial charge in [0.15, 0.2) is 0 Å². The van der Waals surface area contributed by atoms with Crippen LogP contribution in [0.5, 0.6) is 5.75 Å². The van der Waals surface area contributed by atoms with Crippen LogP contribution in [0.3, 0.4) is 0 Å². The lowest BCUT2D eigenvalue weighted by atomic mass is 10.0. The first-order chi connectivity index (χ1) is 9.47. The number of carbonyl (C=O) groups excluding carboxylic acids is 1. The normalized spacial score (nSPS) is 18.2. The summed E-state index contributed by atoms with van der Waals surface area (Å²) < 4.78 is 0. The van der Waals surface area contributed by atoms with Crippen LogP contribution < -0.4 is 0 Å². The van der Waals surface area contributed by atoms with Gasteiger partial charge in [-0.25, -0.2) is 0 Å². The summed E-state index contributed by atoms with van der Waals surface area (Å²) >= 11 is 0. The van der Waals surface area contributed by atoms with E-state index in [9.17, 15) is 14.7 Å². The van der Waals surface area contributed by atoms with E-state index in [1.54, 1.807) is 24.0 Å². The molecule has 0 bridgehead atoms. The number of nitrogens with zero attached hydrogens (tertiary/aromatic N) is 1. The lowest BCUT2D eigenvalue weighted by Crippen LogP contribution is -2.28. The Morgan fingerprint density at radius 2 is 2.15 bits per heavy atom. The minimum atomic E-state index is -0.788. The Hall–Kier alpha value is -2.04. The number of hydrogen-bond acceptors (Lipinski definition) is 3. The minimum absolute atomic E-state index is 0.0501. The molecule has 2 N–H and O–H groups in total. The van der Waals surface area contributed by atoms with Crippen LogP contribution in [-0.2, 0) is 4.79 Å². The summed E-state index contributed by atoms with van der Waals surface area (Å²) in [5.74, 6) is -0.384. The highest BCUT2D eigenvalue weighted by atomic mass is 16.4. The van der Waals surface area contributed by atoms with Gasteiger partial charge in [0.1, 0.15) is 5.75 Å². The SMILES string of the molecule is Cc1cc(C(=O)N2CCC(CCC(=O)O)C2)ccc1O. The van der Waals surface area contributed by atoms with Gasteiger partial charge in [-0.05, 0) is 49.4 Å². The van der Waals surface area contributed by atoms with Crippen molar-refractivity contribution < 1.29 is 19.8 Å². The fourth-order valence-electron chi connectivity index (χ4n) is 2.55. The van der Waals surface area contributed by atoms with Crippen LogP contribution in [0.2, 0.25) is 0 Å². The van der Waals surface area contributed by atoms with Crippen LogP contribution in [0.15, 0.2) is 18.2 Å². The second-order valence-corrected chi connectivity index (χ2v) is 5.34. The molecule has 0 radical (unpaired) electrons. The first-order valence-corrected chi connectivity index (χ1v) is 6.78. The highest BCUT2D eigenvalue weighted by Gasteiger charge is 2.27. The number of benzene rings is 1. The zero-order chi connectivity index (χ0) is 14.7. The molecule has 2 rings (SSSR count). The molecule has 1 aliphatic rings. The van der Waals surface area contributed by atoms with Crippen LogP contribution in [0.1, 0.15) is 35.2 Å². The largest absolute Gasteiger partial charge is 0.508 e. The van der Waals surface area contributed by atoms with Crippen molar-refractivity contribution in [3.63, 3.8) is 0 Å². The molecule has 5 nitrogen and oxygen atoms in total. The van der Waals surface area contributed by atoms with Gasteiger partial charge >= 0.3 is 5.97 Å². The quantitative estimate of drug-likeness (QED) is 0.882. The smallest absolute Gasteiger partial charge is 0.303 e. The Balaban J connectivity index is 1.97. The zero-order valence-electron chi connectivity index (χ0n) is 11.5. The van der Waals surface area contributed by atoms with Gasteiger partial charge < -0.3 is 15.1 Å². The number of phenols is 1. The van der Waals surface area contributed by atoms with Crippen molar-refractivity contribution in [1.82, 2.24) is 4.90 Å². The van der Waals surface area contributed by atoms with Crippen molar-refractivity contribution >= 4 is 11.9 Å². The summed E-state index contributed by atoms with van der Waals surface area (Å²) in [6, 6.07) is 4.83. The number of likely N-dealkylation sites (tertiary alicyclic amines) is 1. The predicted octanol–water partition coefficient (Wildman–Crippen LogP) is 2.03. The van der Waals surface area contributed by atoms with E-state index in [1.165, 1.54) is 6.07 Å². The zero-order valence-corrected chi connectivity index (χ0v) is 11.5. The van der Waals surface area contributed by atoms with E-state index in [0.29, 0.717) is 30.6 Å². The predicted molar refractivity (Wildman–Crippen MR) is 73.7 cm³/mol. The highest BCUT2D eigenvalue weighted by Crippen LogP contribution is 2.24. The maximum Gasteiger partial charge on any atom is 0.303 e. The number of amides is 1. The Morgan fingerprint density at radius 1 is 1.40 bits per heavy atom. The minimum Gasteiger partial charge on any atom is -0.508 e.